The monoisotopic (exact) mass is 218 g/mol. The summed E-state index contributed by atoms with van der Waals surface area (Å²) in [5.41, 5.74) is 0.218. The van der Waals surface area contributed by atoms with Crippen molar-refractivity contribution in [3.8, 4) is 0 Å². The molecule has 2 heteroatoms. The molecule has 1 rings (SSSR count). The molecule has 0 heterocycles. The van der Waals surface area contributed by atoms with Crippen LogP contribution in [0.3, 0.4) is 0 Å². The molecule has 1 fully saturated rings. The van der Waals surface area contributed by atoms with Crippen molar-refractivity contribution in [1.82, 2.24) is 0 Å². The lowest BCUT2D eigenvalue weighted by molar-refractivity contribution is -0.122. The highest BCUT2D eigenvalue weighted by atomic mass is 79.9. The zero-order valence-corrected chi connectivity index (χ0v) is 8.78. The molecule has 0 radical (unpaired) electrons. The minimum atomic E-state index is 0.105. The van der Waals surface area contributed by atoms with Gasteiger partial charge in [-0.3, -0.25) is 4.79 Å². The smallest absolute Gasteiger partial charge is 0.147 e. The molecule has 0 aromatic carbocycles. The van der Waals surface area contributed by atoms with Gasteiger partial charge in [-0.15, -0.1) is 0 Å². The first-order valence-electron chi connectivity index (χ1n) is 4.27. The summed E-state index contributed by atoms with van der Waals surface area (Å²) in [4.78, 5) is 11.4. The number of halogens is 1. The van der Waals surface area contributed by atoms with Crippen molar-refractivity contribution in [3.63, 3.8) is 0 Å². The standard InChI is InChI=1S/C9H15BrO/c1-3-9(2)6-4-5-7(11)8(9)10/h8H,3-6H2,1-2H3/t8?,9-/m0/s1. The van der Waals surface area contributed by atoms with Crippen LogP contribution in [-0.4, -0.2) is 10.6 Å². The fourth-order valence-corrected chi connectivity index (χ4v) is 2.45. The summed E-state index contributed by atoms with van der Waals surface area (Å²) >= 11 is 3.49. The molecule has 1 saturated carbocycles. The van der Waals surface area contributed by atoms with E-state index < -0.39 is 0 Å². The first kappa shape index (κ1) is 9.24. The van der Waals surface area contributed by atoms with Gasteiger partial charge in [0, 0.05) is 6.42 Å². The maximum atomic E-state index is 11.3. The van der Waals surface area contributed by atoms with Crippen molar-refractivity contribution in [2.75, 3.05) is 0 Å². The van der Waals surface area contributed by atoms with Crippen LogP contribution in [0.25, 0.3) is 0 Å². The van der Waals surface area contributed by atoms with Crippen molar-refractivity contribution in [2.45, 2.75) is 44.4 Å². The number of alkyl halides is 1. The number of Topliss-reactive ketones (excluding diaryl/α,β-unsaturated/α-hetero) is 1. The Hall–Kier alpha value is 0.150. The molecule has 0 spiro atoms. The average Bonchev–Trinajstić information content (AvgIpc) is 2.00. The number of ketones is 1. The highest BCUT2D eigenvalue weighted by molar-refractivity contribution is 9.10. The van der Waals surface area contributed by atoms with Gasteiger partial charge in [-0.05, 0) is 24.7 Å². The van der Waals surface area contributed by atoms with Crippen molar-refractivity contribution in [1.29, 1.82) is 0 Å². The van der Waals surface area contributed by atoms with Crippen LogP contribution >= 0.6 is 15.9 Å². The molecule has 64 valence electrons. The summed E-state index contributed by atoms with van der Waals surface area (Å²) in [5.74, 6) is 0.389. The number of carbonyl (C=O) groups is 1. The first-order chi connectivity index (χ1) is 5.10. The highest BCUT2D eigenvalue weighted by Crippen LogP contribution is 2.41. The summed E-state index contributed by atoms with van der Waals surface area (Å²) in [7, 11) is 0. The van der Waals surface area contributed by atoms with E-state index in [1.54, 1.807) is 0 Å². The van der Waals surface area contributed by atoms with Crippen molar-refractivity contribution in [2.24, 2.45) is 5.41 Å². The molecule has 0 N–H and O–H groups in total. The van der Waals surface area contributed by atoms with Gasteiger partial charge in [0.25, 0.3) is 0 Å². The Kier molecular flexibility index (Phi) is 2.74. The molecular weight excluding hydrogens is 204 g/mol. The largest absolute Gasteiger partial charge is 0.298 e. The summed E-state index contributed by atoms with van der Waals surface area (Å²) in [6.45, 7) is 4.36. The minimum absolute atomic E-state index is 0.105. The molecule has 2 atom stereocenters. The molecule has 1 aliphatic carbocycles. The Morgan fingerprint density at radius 1 is 1.73 bits per heavy atom. The van der Waals surface area contributed by atoms with E-state index in [0.29, 0.717) is 5.78 Å². The predicted octanol–water partition coefficient (Wildman–Crippen LogP) is 2.92. The third-order valence-electron chi connectivity index (χ3n) is 2.87. The van der Waals surface area contributed by atoms with E-state index in [1.165, 1.54) is 6.42 Å². The van der Waals surface area contributed by atoms with Crippen LogP contribution in [0, 0.1) is 5.41 Å². The Morgan fingerprint density at radius 2 is 2.36 bits per heavy atom. The lowest BCUT2D eigenvalue weighted by Gasteiger charge is -2.36. The van der Waals surface area contributed by atoms with Crippen molar-refractivity contribution >= 4 is 21.7 Å². The van der Waals surface area contributed by atoms with Crippen LogP contribution in [-0.2, 0) is 4.79 Å². The van der Waals surface area contributed by atoms with Gasteiger partial charge in [0.2, 0.25) is 0 Å². The second-order valence-corrected chi connectivity index (χ2v) is 4.61. The molecule has 0 aliphatic heterocycles. The quantitative estimate of drug-likeness (QED) is 0.619. The van der Waals surface area contributed by atoms with Gasteiger partial charge >= 0.3 is 0 Å². The van der Waals surface area contributed by atoms with Gasteiger partial charge < -0.3 is 0 Å². The van der Waals surface area contributed by atoms with E-state index in [4.69, 9.17) is 0 Å². The Morgan fingerprint density at radius 3 is 2.82 bits per heavy atom. The van der Waals surface area contributed by atoms with E-state index in [1.807, 2.05) is 0 Å². The number of hydrogen-bond donors (Lipinski definition) is 0. The molecule has 0 aromatic rings. The van der Waals surface area contributed by atoms with Crippen LogP contribution in [0.15, 0.2) is 0 Å². The van der Waals surface area contributed by atoms with Gasteiger partial charge in [-0.2, -0.15) is 0 Å². The van der Waals surface area contributed by atoms with Crippen LogP contribution in [0.4, 0.5) is 0 Å². The minimum Gasteiger partial charge on any atom is -0.298 e. The van der Waals surface area contributed by atoms with Gasteiger partial charge in [0.1, 0.15) is 5.78 Å². The van der Waals surface area contributed by atoms with E-state index in [9.17, 15) is 4.79 Å². The van der Waals surface area contributed by atoms with Crippen LogP contribution < -0.4 is 0 Å². The molecular formula is C9H15BrO. The molecule has 11 heavy (non-hydrogen) atoms. The predicted molar refractivity (Wildman–Crippen MR) is 50.0 cm³/mol. The third-order valence-corrected chi connectivity index (χ3v) is 4.49. The average molecular weight is 219 g/mol. The van der Waals surface area contributed by atoms with Gasteiger partial charge in [0.15, 0.2) is 0 Å². The highest BCUT2D eigenvalue weighted by Gasteiger charge is 2.38. The zero-order valence-electron chi connectivity index (χ0n) is 7.19. The van der Waals surface area contributed by atoms with Gasteiger partial charge in [-0.25, -0.2) is 0 Å². The maximum Gasteiger partial charge on any atom is 0.147 e. The van der Waals surface area contributed by atoms with E-state index in [-0.39, 0.29) is 10.2 Å². The Labute approximate surface area is 76.7 Å². The molecule has 0 amide bonds. The second-order valence-electron chi connectivity index (χ2n) is 3.69. The number of carbonyl (C=O) groups excluding carboxylic acids is 1. The number of hydrogen-bond acceptors (Lipinski definition) is 1. The normalized spacial score (nSPS) is 39.2. The molecule has 1 unspecified atom stereocenters. The van der Waals surface area contributed by atoms with Crippen molar-refractivity contribution in [3.05, 3.63) is 0 Å². The Bertz CT molecular complexity index is 167. The molecule has 0 aromatic heterocycles. The lowest BCUT2D eigenvalue weighted by Crippen LogP contribution is -2.37. The maximum absolute atomic E-state index is 11.3. The summed E-state index contributed by atoms with van der Waals surface area (Å²) < 4.78 is 0. The van der Waals surface area contributed by atoms with Crippen molar-refractivity contribution < 1.29 is 4.79 Å². The summed E-state index contributed by atoms with van der Waals surface area (Å²) in [6.07, 6.45) is 4.12. The van der Waals surface area contributed by atoms with Gasteiger partial charge in [0.05, 0.1) is 4.83 Å². The van der Waals surface area contributed by atoms with E-state index in [2.05, 4.69) is 29.8 Å². The van der Waals surface area contributed by atoms with E-state index in [0.717, 1.165) is 19.3 Å². The fourth-order valence-electron chi connectivity index (χ4n) is 1.66. The molecule has 0 saturated heterocycles. The SMILES string of the molecule is CC[C@@]1(C)CCCC(=O)C1Br. The zero-order chi connectivity index (χ0) is 8.48. The van der Waals surface area contributed by atoms with Crippen LogP contribution in [0.5, 0.6) is 0 Å². The van der Waals surface area contributed by atoms with Crippen LogP contribution in [0.2, 0.25) is 0 Å². The molecule has 0 bridgehead atoms. The molecule has 1 nitrogen and oxygen atoms in total. The fraction of sp³-hybridized carbons (Fsp3) is 0.889. The summed E-state index contributed by atoms with van der Waals surface area (Å²) in [5, 5.41) is 0. The second kappa shape index (κ2) is 3.26. The number of rotatable bonds is 1. The summed E-state index contributed by atoms with van der Waals surface area (Å²) in [6, 6.07) is 0. The van der Waals surface area contributed by atoms with Crippen LogP contribution in [0.1, 0.15) is 39.5 Å². The van der Waals surface area contributed by atoms with E-state index >= 15 is 0 Å². The lowest BCUT2D eigenvalue weighted by atomic mass is 9.73. The third kappa shape index (κ3) is 1.66. The Balaban J connectivity index is 2.72. The first-order valence-corrected chi connectivity index (χ1v) is 5.18. The molecule has 1 aliphatic rings. The van der Waals surface area contributed by atoms with Gasteiger partial charge in [-0.1, -0.05) is 29.8 Å². The topological polar surface area (TPSA) is 17.1 Å².